The summed E-state index contributed by atoms with van der Waals surface area (Å²) in [4.78, 5) is 10.7. The molecule has 20 heavy (non-hydrogen) atoms. The largest absolute Gasteiger partial charge is 0.394 e. The summed E-state index contributed by atoms with van der Waals surface area (Å²) in [6.07, 6.45) is 0.0337. The van der Waals surface area contributed by atoms with E-state index in [4.69, 9.17) is 9.47 Å². The van der Waals surface area contributed by atoms with Crippen molar-refractivity contribution in [1.29, 1.82) is 0 Å². The van der Waals surface area contributed by atoms with Gasteiger partial charge in [-0.25, -0.2) is 0 Å². The predicted octanol–water partition coefficient (Wildman–Crippen LogP) is 2.56. The third kappa shape index (κ3) is 2.54. The van der Waals surface area contributed by atoms with E-state index in [0.717, 1.165) is 0 Å². The minimum Gasteiger partial charge on any atom is -0.394 e. The quantitative estimate of drug-likeness (QED) is 0.662. The highest BCUT2D eigenvalue weighted by Crippen LogP contribution is 2.44. The van der Waals surface area contributed by atoms with Crippen molar-refractivity contribution in [2.24, 2.45) is 0 Å². The zero-order valence-electron chi connectivity index (χ0n) is 11.6. The molecule has 0 radical (unpaired) electrons. The average molecular weight is 281 g/mol. The molecule has 1 unspecified atom stereocenters. The van der Waals surface area contributed by atoms with Gasteiger partial charge in [-0.2, -0.15) is 0 Å². The summed E-state index contributed by atoms with van der Waals surface area (Å²) in [7, 11) is 0. The highest BCUT2D eigenvalue weighted by molar-refractivity contribution is 5.42. The van der Waals surface area contributed by atoms with Gasteiger partial charge in [-0.05, 0) is 18.9 Å². The molecule has 2 atom stereocenters. The normalized spacial score (nSPS) is 24.8. The Morgan fingerprint density at radius 1 is 1.30 bits per heavy atom. The molecule has 110 valence electrons. The van der Waals surface area contributed by atoms with Crippen molar-refractivity contribution >= 4 is 5.69 Å². The van der Waals surface area contributed by atoms with E-state index in [1.807, 2.05) is 13.8 Å². The highest BCUT2D eigenvalue weighted by atomic mass is 16.8. The van der Waals surface area contributed by atoms with Gasteiger partial charge in [0.1, 0.15) is 12.2 Å². The Morgan fingerprint density at radius 3 is 2.50 bits per heavy atom. The number of rotatable bonds is 5. The van der Waals surface area contributed by atoms with E-state index in [1.165, 1.54) is 6.07 Å². The number of aliphatic hydroxyl groups excluding tert-OH is 1. The smallest absolute Gasteiger partial charge is 0.275 e. The van der Waals surface area contributed by atoms with Crippen LogP contribution < -0.4 is 0 Å². The molecule has 0 aromatic heterocycles. The van der Waals surface area contributed by atoms with Crippen LogP contribution >= 0.6 is 0 Å². The Hall–Kier alpha value is -1.50. The van der Waals surface area contributed by atoms with Gasteiger partial charge in [0.2, 0.25) is 0 Å². The lowest BCUT2D eigenvalue weighted by molar-refractivity contribution is -0.386. The van der Waals surface area contributed by atoms with Crippen molar-refractivity contribution in [2.75, 3.05) is 6.61 Å². The molecular formula is C14H19NO5. The molecule has 0 saturated carbocycles. The van der Waals surface area contributed by atoms with Crippen LogP contribution in [0.3, 0.4) is 0 Å². The van der Waals surface area contributed by atoms with Gasteiger partial charge in [-0.15, -0.1) is 0 Å². The lowest BCUT2D eigenvalue weighted by Crippen LogP contribution is -2.29. The Balaban J connectivity index is 2.39. The third-order valence-corrected chi connectivity index (χ3v) is 3.74. The maximum atomic E-state index is 11.1. The second-order valence-electron chi connectivity index (χ2n) is 4.81. The standard InChI is InChI=1S/C14H19NO5/c1-3-14(4-2)19-12(9-16)13(20-14)10-7-5-6-8-11(10)15(17)18/h5-8,12-13,16H,3-4,9H2,1-2H3/t12?,13-/m1/s1. The fourth-order valence-electron chi connectivity index (χ4n) is 2.55. The minimum absolute atomic E-state index is 0.0115. The first-order valence-electron chi connectivity index (χ1n) is 6.76. The molecule has 1 heterocycles. The van der Waals surface area contributed by atoms with E-state index in [1.54, 1.807) is 18.2 Å². The summed E-state index contributed by atoms with van der Waals surface area (Å²) >= 11 is 0. The number of aliphatic hydroxyl groups is 1. The molecule has 0 aliphatic carbocycles. The molecule has 6 nitrogen and oxygen atoms in total. The lowest BCUT2D eigenvalue weighted by atomic mass is 10.0. The van der Waals surface area contributed by atoms with E-state index in [9.17, 15) is 15.2 Å². The zero-order valence-corrected chi connectivity index (χ0v) is 11.6. The van der Waals surface area contributed by atoms with E-state index < -0.39 is 22.9 Å². The SMILES string of the molecule is CCC1(CC)OC(CO)[C@@H](c2ccccc2[N+](=O)[O-])O1. The number of nitro groups is 1. The van der Waals surface area contributed by atoms with Crippen LogP contribution in [0.15, 0.2) is 24.3 Å². The average Bonchev–Trinajstić information content (AvgIpc) is 2.87. The predicted molar refractivity (Wildman–Crippen MR) is 72.2 cm³/mol. The van der Waals surface area contributed by atoms with E-state index >= 15 is 0 Å². The van der Waals surface area contributed by atoms with Gasteiger partial charge in [0, 0.05) is 6.07 Å². The summed E-state index contributed by atoms with van der Waals surface area (Å²) in [6, 6.07) is 6.41. The molecular weight excluding hydrogens is 262 g/mol. The summed E-state index contributed by atoms with van der Waals surface area (Å²) < 4.78 is 11.7. The molecule has 1 aromatic carbocycles. The van der Waals surface area contributed by atoms with Crippen LogP contribution in [-0.2, 0) is 9.47 Å². The number of hydrogen-bond acceptors (Lipinski definition) is 5. The Bertz CT molecular complexity index is 486. The molecule has 0 spiro atoms. The molecule has 6 heteroatoms. The molecule has 1 fully saturated rings. The summed E-state index contributed by atoms with van der Waals surface area (Å²) in [5.41, 5.74) is 0.433. The van der Waals surface area contributed by atoms with Gasteiger partial charge in [-0.1, -0.05) is 26.0 Å². The second-order valence-corrected chi connectivity index (χ2v) is 4.81. The number of nitro benzene ring substituents is 1. The monoisotopic (exact) mass is 281 g/mol. The first-order valence-corrected chi connectivity index (χ1v) is 6.76. The molecule has 1 N–H and O–H groups in total. The first kappa shape index (κ1) is 14.9. The van der Waals surface area contributed by atoms with Crippen molar-refractivity contribution in [3.63, 3.8) is 0 Å². The van der Waals surface area contributed by atoms with Crippen LogP contribution in [0.25, 0.3) is 0 Å². The number of nitrogens with zero attached hydrogens (tertiary/aromatic N) is 1. The van der Waals surface area contributed by atoms with Gasteiger partial charge < -0.3 is 14.6 Å². The maximum absolute atomic E-state index is 11.1. The number of para-hydroxylation sites is 1. The van der Waals surface area contributed by atoms with Crippen LogP contribution in [0.2, 0.25) is 0 Å². The minimum atomic E-state index is -0.776. The first-order chi connectivity index (χ1) is 9.56. The number of benzene rings is 1. The van der Waals surface area contributed by atoms with Crippen LogP contribution in [0.1, 0.15) is 38.4 Å². The molecule has 1 saturated heterocycles. The number of ether oxygens (including phenoxy) is 2. The van der Waals surface area contributed by atoms with Gasteiger partial charge in [0.25, 0.3) is 5.69 Å². The summed E-state index contributed by atoms with van der Waals surface area (Å²) in [5.74, 6) is -0.776. The van der Waals surface area contributed by atoms with E-state index in [-0.39, 0.29) is 12.3 Å². The Labute approximate surface area is 117 Å². The lowest BCUT2D eigenvalue weighted by Gasteiger charge is -2.25. The Morgan fingerprint density at radius 2 is 1.95 bits per heavy atom. The van der Waals surface area contributed by atoms with Crippen molar-refractivity contribution in [3.8, 4) is 0 Å². The van der Waals surface area contributed by atoms with Crippen molar-refractivity contribution < 1.29 is 19.5 Å². The topological polar surface area (TPSA) is 81.8 Å². The fraction of sp³-hybridized carbons (Fsp3) is 0.571. The summed E-state index contributed by atoms with van der Waals surface area (Å²) in [5, 5.41) is 20.6. The van der Waals surface area contributed by atoms with Gasteiger partial charge in [-0.3, -0.25) is 10.1 Å². The zero-order chi connectivity index (χ0) is 14.8. The van der Waals surface area contributed by atoms with E-state index in [2.05, 4.69) is 0 Å². The van der Waals surface area contributed by atoms with Crippen LogP contribution in [0.5, 0.6) is 0 Å². The molecule has 2 rings (SSSR count). The highest BCUT2D eigenvalue weighted by Gasteiger charge is 2.47. The maximum Gasteiger partial charge on any atom is 0.275 e. The fourth-order valence-corrected chi connectivity index (χ4v) is 2.55. The van der Waals surface area contributed by atoms with Crippen LogP contribution in [-0.4, -0.2) is 28.5 Å². The van der Waals surface area contributed by atoms with Gasteiger partial charge >= 0.3 is 0 Å². The van der Waals surface area contributed by atoms with E-state index in [0.29, 0.717) is 18.4 Å². The van der Waals surface area contributed by atoms with Crippen molar-refractivity contribution in [2.45, 2.75) is 44.7 Å². The molecule has 1 aromatic rings. The Kier molecular flexibility index (Phi) is 4.37. The van der Waals surface area contributed by atoms with Crippen LogP contribution in [0.4, 0.5) is 5.69 Å². The third-order valence-electron chi connectivity index (χ3n) is 3.74. The second kappa shape index (κ2) is 5.87. The molecule has 1 aliphatic heterocycles. The molecule has 0 bridgehead atoms. The number of hydrogen-bond donors (Lipinski definition) is 1. The van der Waals surface area contributed by atoms with Crippen LogP contribution in [0, 0.1) is 10.1 Å². The molecule has 0 amide bonds. The van der Waals surface area contributed by atoms with Gasteiger partial charge in [0.05, 0.1) is 17.1 Å². The molecule has 1 aliphatic rings. The van der Waals surface area contributed by atoms with Crippen molar-refractivity contribution in [1.82, 2.24) is 0 Å². The van der Waals surface area contributed by atoms with Crippen molar-refractivity contribution in [3.05, 3.63) is 39.9 Å². The summed E-state index contributed by atoms with van der Waals surface area (Å²) in [6.45, 7) is 3.62. The van der Waals surface area contributed by atoms with Gasteiger partial charge in [0.15, 0.2) is 5.79 Å².